The molecule has 0 aromatic carbocycles. The number of nitrogens with zero attached hydrogens (tertiary/aromatic N) is 1. The Morgan fingerprint density at radius 3 is 3.00 bits per heavy atom. The highest BCUT2D eigenvalue weighted by atomic mass is 16.1. The lowest BCUT2D eigenvalue weighted by Gasteiger charge is -2.11. The number of nitrogens with one attached hydrogen (secondary N) is 1. The van der Waals surface area contributed by atoms with E-state index >= 15 is 0 Å². The van der Waals surface area contributed by atoms with Crippen LogP contribution in [0.1, 0.15) is 30.4 Å². The van der Waals surface area contributed by atoms with Gasteiger partial charge in [-0.2, -0.15) is 0 Å². The van der Waals surface area contributed by atoms with Crippen LogP contribution in [-0.4, -0.2) is 17.0 Å². The summed E-state index contributed by atoms with van der Waals surface area (Å²) in [6, 6.07) is 3.91. The van der Waals surface area contributed by atoms with Crippen LogP contribution >= 0.6 is 0 Å². The molecule has 0 spiro atoms. The highest BCUT2D eigenvalue weighted by molar-refractivity contribution is 5.92. The fraction of sp³-hybridized carbons (Fsp3) is 0.364. The van der Waals surface area contributed by atoms with Crippen molar-refractivity contribution in [1.29, 1.82) is 0 Å². The number of rotatable bonds is 3. The van der Waals surface area contributed by atoms with Crippen molar-refractivity contribution in [3.05, 3.63) is 24.0 Å². The number of aromatic nitrogens is 1. The third-order valence-electron chi connectivity index (χ3n) is 1.92. The second-order valence-corrected chi connectivity index (χ2v) is 3.28. The first-order valence-electron chi connectivity index (χ1n) is 4.55. The number of terminal acetylenes is 1. The molecule has 0 atom stereocenters. The smallest absolute Gasteiger partial charge is 0.268 e. The Balaban J connectivity index is 2.80. The lowest BCUT2D eigenvalue weighted by atomic mass is 10.3. The van der Waals surface area contributed by atoms with Crippen molar-refractivity contribution >= 4 is 5.91 Å². The summed E-state index contributed by atoms with van der Waals surface area (Å²) in [5.41, 5.74) is 0.648. The quantitative estimate of drug-likeness (QED) is 0.719. The minimum Gasteiger partial charge on any atom is -0.341 e. The average Bonchev–Trinajstić information content (AvgIpc) is 2.62. The van der Waals surface area contributed by atoms with Crippen LogP contribution in [0.2, 0.25) is 0 Å². The molecule has 0 aliphatic rings. The molecule has 1 amide bonds. The monoisotopic (exact) mass is 190 g/mol. The lowest BCUT2D eigenvalue weighted by Crippen LogP contribution is -2.26. The number of hydrogen-bond donors (Lipinski definition) is 1. The van der Waals surface area contributed by atoms with Crippen molar-refractivity contribution in [3.63, 3.8) is 0 Å². The molecule has 1 N–H and O–H groups in total. The predicted molar refractivity (Wildman–Crippen MR) is 56.0 cm³/mol. The predicted octanol–water partition coefficient (Wildman–Crippen LogP) is 1.43. The zero-order valence-electron chi connectivity index (χ0n) is 8.45. The first kappa shape index (κ1) is 10.4. The number of carbonyl (C=O) groups is 1. The summed E-state index contributed by atoms with van der Waals surface area (Å²) in [4.78, 5) is 11.6. The molecule has 1 aromatic rings. The van der Waals surface area contributed by atoms with E-state index in [1.54, 1.807) is 6.07 Å². The van der Waals surface area contributed by atoms with E-state index < -0.39 is 0 Å². The minimum atomic E-state index is -0.123. The van der Waals surface area contributed by atoms with Gasteiger partial charge < -0.3 is 9.88 Å². The summed E-state index contributed by atoms with van der Waals surface area (Å²) in [6.45, 7) is 4.32. The Kier molecular flexibility index (Phi) is 3.35. The molecule has 0 bridgehead atoms. The summed E-state index contributed by atoms with van der Waals surface area (Å²) < 4.78 is 1.91. The van der Waals surface area contributed by atoms with Crippen LogP contribution in [-0.2, 0) is 0 Å². The Labute approximate surface area is 84.1 Å². The first-order chi connectivity index (χ1) is 6.66. The molecule has 3 nitrogen and oxygen atoms in total. The van der Waals surface area contributed by atoms with Gasteiger partial charge in [0, 0.05) is 12.2 Å². The van der Waals surface area contributed by atoms with Crippen LogP contribution < -0.4 is 5.32 Å². The van der Waals surface area contributed by atoms with Gasteiger partial charge in [0.05, 0.1) is 6.54 Å². The van der Waals surface area contributed by atoms with Crippen LogP contribution in [0.5, 0.6) is 0 Å². The van der Waals surface area contributed by atoms with E-state index in [4.69, 9.17) is 6.42 Å². The van der Waals surface area contributed by atoms with E-state index in [0.717, 1.165) is 0 Å². The molecule has 3 heteroatoms. The van der Waals surface area contributed by atoms with Gasteiger partial charge in [0.1, 0.15) is 5.69 Å². The molecule has 0 fully saturated rings. The van der Waals surface area contributed by atoms with Crippen LogP contribution in [0.3, 0.4) is 0 Å². The average molecular weight is 190 g/mol. The summed E-state index contributed by atoms with van der Waals surface area (Å²) in [5, 5.41) is 2.63. The van der Waals surface area contributed by atoms with Gasteiger partial charge in [-0.05, 0) is 26.0 Å². The highest BCUT2D eigenvalue weighted by Crippen LogP contribution is 2.10. The molecular weight excluding hydrogens is 176 g/mol. The molecule has 0 aliphatic heterocycles. The SMILES string of the molecule is C#CCNC(=O)c1cccn1C(C)C. The molecule has 74 valence electrons. The van der Waals surface area contributed by atoms with Gasteiger partial charge in [0.15, 0.2) is 0 Å². The van der Waals surface area contributed by atoms with E-state index in [1.165, 1.54) is 0 Å². The van der Waals surface area contributed by atoms with E-state index in [9.17, 15) is 4.79 Å². The summed E-state index contributed by atoms with van der Waals surface area (Å²) >= 11 is 0. The number of hydrogen-bond acceptors (Lipinski definition) is 1. The maximum absolute atomic E-state index is 11.6. The zero-order valence-corrected chi connectivity index (χ0v) is 8.45. The van der Waals surface area contributed by atoms with E-state index in [1.807, 2.05) is 30.7 Å². The summed E-state index contributed by atoms with van der Waals surface area (Å²) in [5.74, 6) is 2.24. The van der Waals surface area contributed by atoms with Crippen LogP contribution in [0.4, 0.5) is 0 Å². The van der Waals surface area contributed by atoms with Gasteiger partial charge in [0.2, 0.25) is 0 Å². The molecule has 0 saturated carbocycles. The molecule has 1 aromatic heterocycles. The molecule has 0 radical (unpaired) electrons. The summed E-state index contributed by atoms with van der Waals surface area (Å²) in [7, 11) is 0. The second-order valence-electron chi connectivity index (χ2n) is 3.28. The fourth-order valence-corrected chi connectivity index (χ4v) is 1.26. The van der Waals surface area contributed by atoms with Crippen molar-refractivity contribution in [2.45, 2.75) is 19.9 Å². The Bertz CT molecular complexity index is 358. The molecular formula is C11H14N2O. The third-order valence-corrected chi connectivity index (χ3v) is 1.92. The molecule has 0 saturated heterocycles. The Hall–Kier alpha value is -1.69. The first-order valence-corrected chi connectivity index (χ1v) is 4.55. The van der Waals surface area contributed by atoms with Crippen molar-refractivity contribution in [2.75, 3.05) is 6.54 Å². The van der Waals surface area contributed by atoms with Crippen molar-refractivity contribution in [1.82, 2.24) is 9.88 Å². The number of amides is 1. The van der Waals surface area contributed by atoms with Gasteiger partial charge in [-0.3, -0.25) is 4.79 Å². The molecule has 1 heterocycles. The maximum atomic E-state index is 11.6. The second kappa shape index (κ2) is 4.52. The van der Waals surface area contributed by atoms with Crippen molar-refractivity contribution in [2.24, 2.45) is 0 Å². The maximum Gasteiger partial charge on any atom is 0.268 e. The van der Waals surface area contributed by atoms with Crippen LogP contribution in [0, 0.1) is 12.3 Å². The molecule has 1 rings (SSSR count). The van der Waals surface area contributed by atoms with Gasteiger partial charge in [-0.1, -0.05) is 5.92 Å². The molecule has 14 heavy (non-hydrogen) atoms. The van der Waals surface area contributed by atoms with Crippen LogP contribution in [0.15, 0.2) is 18.3 Å². The normalized spacial score (nSPS) is 9.86. The third kappa shape index (κ3) is 2.17. The Morgan fingerprint density at radius 1 is 1.71 bits per heavy atom. The van der Waals surface area contributed by atoms with E-state index in [2.05, 4.69) is 11.2 Å². The summed E-state index contributed by atoms with van der Waals surface area (Å²) in [6.07, 6.45) is 6.94. The standard InChI is InChI=1S/C11H14N2O/c1-4-7-12-11(14)10-6-5-8-13(10)9(2)3/h1,5-6,8-9H,7H2,2-3H3,(H,12,14). The van der Waals surface area contributed by atoms with Gasteiger partial charge in [0.25, 0.3) is 5.91 Å². The van der Waals surface area contributed by atoms with Gasteiger partial charge >= 0.3 is 0 Å². The van der Waals surface area contributed by atoms with E-state index in [0.29, 0.717) is 5.69 Å². The zero-order chi connectivity index (χ0) is 10.6. The van der Waals surface area contributed by atoms with Gasteiger partial charge in [-0.15, -0.1) is 6.42 Å². The largest absolute Gasteiger partial charge is 0.341 e. The van der Waals surface area contributed by atoms with Crippen molar-refractivity contribution in [3.8, 4) is 12.3 Å². The topological polar surface area (TPSA) is 34.0 Å². The lowest BCUT2D eigenvalue weighted by molar-refractivity contribution is 0.0948. The minimum absolute atomic E-state index is 0.123. The highest BCUT2D eigenvalue weighted by Gasteiger charge is 2.10. The van der Waals surface area contributed by atoms with Crippen LogP contribution in [0.25, 0.3) is 0 Å². The van der Waals surface area contributed by atoms with E-state index in [-0.39, 0.29) is 18.5 Å². The van der Waals surface area contributed by atoms with Gasteiger partial charge in [-0.25, -0.2) is 0 Å². The molecule has 0 aliphatic carbocycles. The Morgan fingerprint density at radius 2 is 2.43 bits per heavy atom. The fourth-order valence-electron chi connectivity index (χ4n) is 1.26. The van der Waals surface area contributed by atoms with Crippen molar-refractivity contribution < 1.29 is 4.79 Å². The molecule has 0 unspecified atom stereocenters. The number of carbonyl (C=O) groups excluding carboxylic acids is 1.